The maximum absolute atomic E-state index is 13.0. The van der Waals surface area contributed by atoms with Crippen molar-refractivity contribution in [1.29, 1.82) is 0 Å². The lowest BCUT2D eigenvalue weighted by molar-refractivity contribution is -0.141. The van der Waals surface area contributed by atoms with E-state index in [-0.39, 0.29) is 23.4 Å². The number of halogens is 3. The second-order valence-corrected chi connectivity index (χ2v) is 7.21. The molecular weight excluding hydrogens is 399 g/mol. The van der Waals surface area contributed by atoms with Crippen molar-refractivity contribution in [3.8, 4) is 5.75 Å². The number of nitrogens with one attached hydrogen (secondary N) is 1. The molecule has 0 saturated carbocycles. The number of hydrogen-bond donors (Lipinski definition) is 1. The van der Waals surface area contributed by atoms with E-state index in [1.54, 1.807) is 9.47 Å². The highest BCUT2D eigenvalue weighted by atomic mass is 19.4. The average Bonchev–Trinajstić information content (AvgIpc) is 3.07. The molecule has 1 aromatic heterocycles. The van der Waals surface area contributed by atoms with E-state index in [0.29, 0.717) is 25.9 Å². The van der Waals surface area contributed by atoms with Crippen LogP contribution in [0, 0.1) is 0 Å². The highest BCUT2D eigenvalue weighted by Gasteiger charge is 2.34. The number of fused-ring (bicyclic) bond motifs is 1. The fraction of sp³-hybridized carbons (Fsp3) is 0.333. The molecule has 0 unspecified atom stereocenters. The number of ether oxygens (including phenoxy) is 1. The molecule has 1 amide bonds. The van der Waals surface area contributed by atoms with Crippen LogP contribution in [0.25, 0.3) is 11.0 Å². The van der Waals surface area contributed by atoms with Gasteiger partial charge in [-0.3, -0.25) is 9.36 Å². The minimum Gasteiger partial charge on any atom is -0.483 e. The number of likely N-dealkylation sites (tertiary alicyclic amines) is 1. The van der Waals surface area contributed by atoms with Gasteiger partial charge in [-0.1, -0.05) is 24.3 Å². The number of nitrogens with zero attached hydrogens (tertiary/aromatic N) is 2. The van der Waals surface area contributed by atoms with Gasteiger partial charge in [0.05, 0.1) is 16.6 Å². The number of alkyl halides is 3. The molecule has 158 valence electrons. The van der Waals surface area contributed by atoms with Crippen LogP contribution in [0.4, 0.5) is 13.2 Å². The number of H-pyrrole nitrogens is 1. The van der Waals surface area contributed by atoms with E-state index in [1.807, 2.05) is 24.3 Å². The first-order valence-corrected chi connectivity index (χ1v) is 9.60. The van der Waals surface area contributed by atoms with Crippen molar-refractivity contribution < 1.29 is 22.7 Å². The first kappa shape index (κ1) is 20.1. The summed E-state index contributed by atoms with van der Waals surface area (Å²) in [6, 6.07) is 12.2. The zero-order valence-corrected chi connectivity index (χ0v) is 16.0. The number of imidazole rings is 1. The number of aromatic nitrogens is 2. The first-order valence-electron chi connectivity index (χ1n) is 9.60. The van der Waals surface area contributed by atoms with Crippen LogP contribution in [0.2, 0.25) is 0 Å². The summed E-state index contributed by atoms with van der Waals surface area (Å²) in [5, 5.41) is 0. The predicted octanol–water partition coefficient (Wildman–Crippen LogP) is 3.59. The highest BCUT2D eigenvalue weighted by molar-refractivity contribution is 5.78. The number of carbonyl (C=O) groups excluding carboxylic acids is 1. The van der Waals surface area contributed by atoms with Crippen molar-refractivity contribution in [2.24, 2.45) is 0 Å². The summed E-state index contributed by atoms with van der Waals surface area (Å²) in [4.78, 5) is 29.2. The van der Waals surface area contributed by atoms with Crippen molar-refractivity contribution in [2.45, 2.75) is 25.1 Å². The molecule has 2 aromatic carbocycles. The Morgan fingerprint density at radius 2 is 1.73 bits per heavy atom. The van der Waals surface area contributed by atoms with E-state index >= 15 is 0 Å². The Morgan fingerprint density at radius 3 is 2.47 bits per heavy atom. The van der Waals surface area contributed by atoms with Gasteiger partial charge in [-0.2, -0.15) is 13.2 Å². The second kappa shape index (κ2) is 7.89. The summed E-state index contributed by atoms with van der Waals surface area (Å²) in [5.74, 6) is -0.740. The topological polar surface area (TPSA) is 67.3 Å². The van der Waals surface area contributed by atoms with Crippen LogP contribution in [0.5, 0.6) is 5.75 Å². The van der Waals surface area contributed by atoms with Gasteiger partial charge in [0.2, 0.25) is 0 Å². The van der Waals surface area contributed by atoms with Crippen molar-refractivity contribution in [2.75, 3.05) is 19.7 Å². The number of piperidine rings is 1. The fourth-order valence-electron chi connectivity index (χ4n) is 3.87. The van der Waals surface area contributed by atoms with Crippen LogP contribution >= 0.6 is 0 Å². The minimum absolute atomic E-state index is 0.0513. The Hall–Kier alpha value is -3.23. The molecule has 6 nitrogen and oxygen atoms in total. The molecule has 1 fully saturated rings. The Bertz CT molecular complexity index is 1110. The normalized spacial score (nSPS) is 15.5. The van der Waals surface area contributed by atoms with Gasteiger partial charge in [-0.05, 0) is 37.1 Å². The lowest BCUT2D eigenvalue weighted by Gasteiger charge is -2.32. The Morgan fingerprint density at radius 1 is 1.07 bits per heavy atom. The molecule has 30 heavy (non-hydrogen) atoms. The monoisotopic (exact) mass is 419 g/mol. The van der Waals surface area contributed by atoms with Crippen molar-refractivity contribution in [3.05, 3.63) is 64.6 Å². The first-order chi connectivity index (χ1) is 14.3. The molecule has 9 heteroatoms. The van der Waals surface area contributed by atoms with E-state index in [0.717, 1.165) is 17.1 Å². The third-order valence-corrected chi connectivity index (χ3v) is 5.35. The number of hydrogen-bond acceptors (Lipinski definition) is 3. The molecule has 1 aliphatic heterocycles. The average molecular weight is 419 g/mol. The number of rotatable bonds is 4. The fourth-order valence-corrected chi connectivity index (χ4v) is 3.87. The van der Waals surface area contributed by atoms with Gasteiger partial charge in [0, 0.05) is 19.1 Å². The van der Waals surface area contributed by atoms with E-state index in [4.69, 9.17) is 4.74 Å². The molecule has 0 atom stereocenters. The molecule has 1 saturated heterocycles. The van der Waals surface area contributed by atoms with Crippen molar-refractivity contribution in [3.63, 3.8) is 0 Å². The molecule has 1 aliphatic rings. The molecule has 0 spiro atoms. The summed E-state index contributed by atoms with van der Waals surface area (Å²) in [6.07, 6.45) is -3.40. The smallest absolute Gasteiger partial charge is 0.419 e. The summed E-state index contributed by atoms with van der Waals surface area (Å²) < 4.78 is 46.0. The molecule has 0 radical (unpaired) electrons. The molecule has 1 N–H and O–H groups in total. The SMILES string of the molecule is O=C(COc1ccccc1C(F)(F)F)N1CCC(n2c(=O)[nH]c3ccccc32)CC1. The summed E-state index contributed by atoms with van der Waals surface area (Å²) in [7, 11) is 0. The number of amides is 1. The largest absolute Gasteiger partial charge is 0.483 e. The van der Waals surface area contributed by atoms with Crippen molar-refractivity contribution in [1.82, 2.24) is 14.5 Å². The van der Waals surface area contributed by atoms with Crippen LogP contribution in [-0.2, 0) is 11.0 Å². The van der Waals surface area contributed by atoms with Gasteiger partial charge in [-0.25, -0.2) is 4.79 Å². The van der Waals surface area contributed by atoms with Crippen LogP contribution in [0.3, 0.4) is 0 Å². The van der Waals surface area contributed by atoms with Gasteiger partial charge in [0.1, 0.15) is 5.75 Å². The maximum Gasteiger partial charge on any atom is 0.419 e. The summed E-state index contributed by atoms with van der Waals surface area (Å²) in [6.45, 7) is 0.338. The standard InChI is InChI=1S/C21H20F3N3O3/c22-21(23,24)15-5-1-4-8-18(15)30-13-19(28)26-11-9-14(10-12-26)27-17-7-3-2-6-16(17)25-20(27)29/h1-8,14H,9-13H2,(H,25,29). The molecule has 3 aromatic rings. The van der Waals surface area contributed by atoms with E-state index in [1.165, 1.54) is 18.2 Å². The van der Waals surface area contributed by atoms with E-state index in [2.05, 4.69) is 4.98 Å². The van der Waals surface area contributed by atoms with E-state index < -0.39 is 18.3 Å². The lowest BCUT2D eigenvalue weighted by atomic mass is 10.0. The third kappa shape index (κ3) is 3.92. The Balaban J connectivity index is 1.39. The van der Waals surface area contributed by atoms with Crippen LogP contribution < -0.4 is 10.4 Å². The molecular formula is C21H20F3N3O3. The Labute approximate surface area is 169 Å². The second-order valence-electron chi connectivity index (χ2n) is 7.21. The van der Waals surface area contributed by atoms with Crippen LogP contribution in [0.1, 0.15) is 24.4 Å². The molecule has 4 rings (SSSR count). The zero-order chi connectivity index (χ0) is 21.3. The molecule has 2 heterocycles. The van der Waals surface area contributed by atoms with Crippen LogP contribution in [0.15, 0.2) is 53.3 Å². The van der Waals surface area contributed by atoms with Gasteiger partial charge in [-0.15, -0.1) is 0 Å². The number of aromatic amines is 1. The lowest BCUT2D eigenvalue weighted by Crippen LogP contribution is -2.42. The van der Waals surface area contributed by atoms with Gasteiger partial charge < -0.3 is 14.6 Å². The summed E-state index contributed by atoms with van der Waals surface area (Å²) >= 11 is 0. The quantitative estimate of drug-likeness (QED) is 0.703. The number of carbonyl (C=O) groups is 1. The number of benzene rings is 2. The molecule has 0 aliphatic carbocycles. The van der Waals surface area contributed by atoms with Gasteiger partial charge in [0.15, 0.2) is 6.61 Å². The van der Waals surface area contributed by atoms with Crippen LogP contribution in [-0.4, -0.2) is 40.1 Å². The van der Waals surface area contributed by atoms with E-state index in [9.17, 15) is 22.8 Å². The zero-order valence-electron chi connectivity index (χ0n) is 16.0. The Kier molecular flexibility index (Phi) is 5.27. The highest BCUT2D eigenvalue weighted by Crippen LogP contribution is 2.36. The number of para-hydroxylation sites is 3. The van der Waals surface area contributed by atoms with Gasteiger partial charge in [0.25, 0.3) is 5.91 Å². The maximum atomic E-state index is 13.0. The van der Waals surface area contributed by atoms with Gasteiger partial charge >= 0.3 is 11.9 Å². The van der Waals surface area contributed by atoms with Crippen molar-refractivity contribution >= 4 is 16.9 Å². The predicted molar refractivity (Wildman–Crippen MR) is 104 cm³/mol. The minimum atomic E-state index is -4.55. The summed E-state index contributed by atoms with van der Waals surface area (Å²) in [5.41, 5.74) is 0.486. The third-order valence-electron chi connectivity index (χ3n) is 5.35. The molecule has 0 bridgehead atoms.